The Hall–Kier alpha value is -1.44. The van der Waals surface area contributed by atoms with Crippen LogP contribution in [0.3, 0.4) is 0 Å². The number of sulfonamides is 1. The molecule has 1 amide bonds. The van der Waals surface area contributed by atoms with Crippen molar-refractivity contribution in [2.24, 2.45) is 5.14 Å². The number of carbonyl (C=O) groups excluding carboxylic acids is 1. The summed E-state index contributed by atoms with van der Waals surface area (Å²) in [6, 6.07) is 5.54. The number of hydrogen-bond acceptors (Lipinski definition) is 4. The van der Waals surface area contributed by atoms with Crippen LogP contribution in [0.4, 0.5) is 0 Å². The molecule has 0 saturated carbocycles. The van der Waals surface area contributed by atoms with E-state index in [1.54, 1.807) is 13.2 Å². The summed E-state index contributed by atoms with van der Waals surface area (Å²) in [4.78, 5) is 12.0. The molecular weight excluding hydrogens is 280 g/mol. The third kappa shape index (κ3) is 4.92. The molecule has 3 N–H and O–H groups in total. The van der Waals surface area contributed by atoms with Crippen molar-refractivity contribution < 1.29 is 17.9 Å². The van der Waals surface area contributed by atoms with E-state index in [0.29, 0.717) is 6.61 Å². The molecule has 20 heavy (non-hydrogen) atoms. The summed E-state index contributed by atoms with van der Waals surface area (Å²) in [6.07, 6.45) is 1.69. The largest absolute Gasteiger partial charge is 0.383 e. The third-order valence-electron chi connectivity index (χ3n) is 2.76. The first-order chi connectivity index (χ1) is 9.38. The van der Waals surface area contributed by atoms with Gasteiger partial charge >= 0.3 is 0 Å². The van der Waals surface area contributed by atoms with Gasteiger partial charge in [-0.3, -0.25) is 4.79 Å². The molecule has 0 bridgehead atoms. The Morgan fingerprint density at radius 1 is 1.45 bits per heavy atom. The minimum atomic E-state index is -3.81. The van der Waals surface area contributed by atoms with Crippen LogP contribution in [-0.4, -0.2) is 34.1 Å². The summed E-state index contributed by atoms with van der Waals surface area (Å²) >= 11 is 0. The highest BCUT2D eigenvalue weighted by Crippen LogP contribution is 2.10. The Kier molecular flexibility index (Phi) is 6.12. The van der Waals surface area contributed by atoms with Gasteiger partial charge in [0.15, 0.2) is 0 Å². The fourth-order valence-electron chi connectivity index (χ4n) is 1.83. The van der Waals surface area contributed by atoms with Gasteiger partial charge in [-0.2, -0.15) is 0 Å². The van der Waals surface area contributed by atoms with Gasteiger partial charge in [0.25, 0.3) is 5.91 Å². The van der Waals surface area contributed by atoms with Gasteiger partial charge in [-0.25, -0.2) is 13.6 Å². The summed E-state index contributed by atoms with van der Waals surface area (Å²) in [5, 5.41) is 7.86. The van der Waals surface area contributed by atoms with Crippen molar-refractivity contribution >= 4 is 15.9 Å². The van der Waals surface area contributed by atoms with Crippen LogP contribution < -0.4 is 10.5 Å². The number of benzene rings is 1. The molecule has 0 aliphatic rings. The zero-order valence-corrected chi connectivity index (χ0v) is 12.4. The van der Waals surface area contributed by atoms with Crippen LogP contribution >= 0.6 is 0 Å². The van der Waals surface area contributed by atoms with E-state index >= 15 is 0 Å². The van der Waals surface area contributed by atoms with E-state index < -0.39 is 10.0 Å². The van der Waals surface area contributed by atoms with Gasteiger partial charge in [-0.15, -0.1) is 0 Å². The summed E-state index contributed by atoms with van der Waals surface area (Å²) in [7, 11) is -2.25. The van der Waals surface area contributed by atoms with Crippen molar-refractivity contribution in [1.29, 1.82) is 0 Å². The quantitative estimate of drug-likeness (QED) is 0.781. The van der Waals surface area contributed by atoms with E-state index in [-0.39, 0.29) is 22.4 Å². The molecule has 0 aromatic heterocycles. The molecule has 6 nitrogen and oxygen atoms in total. The maximum absolute atomic E-state index is 12.1. The predicted molar refractivity (Wildman–Crippen MR) is 75.9 cm³/mol. The van der Waals surface area contributed by atoms with Crippen molar-refractivity contribution in [3.8, 4) is 0 Å². The molecule has 1 aromatic carbocycles. The maximum atomic E-state index is 12.1. The van der Waals surface area contributed by atoms with Crippen molar-refractivity contribution in [1.82, 2.24) is 5.32 Å². The third-order valence-corrected chi connectivity index (χ3v) is 3.68. The Morgan fingerprint density at radius 2 is 2.15 bits per heavy atom. The second-order valence-electron chi connectivity index (χ2n) is 4.49. The Labute approximate surface area is 119 Å². The summed E-state index contributed by atoms with van der Waals surface area (Å²) in [5.74, 6) is -0.342. The van der Waals surface area contributed by atoms with E-state index in [2.05, 4.69) is 5.32 Å². The van der Waals surface area contributed by atoms with Gasteiger partial charge in [0.05, 0.1) is 17.5 Å². The standard InChI is InChI=1S/C13H20N2O4S/c1-3-5-11(9-19-2)15-13(16)10-6-4-7-12(8-10)20(14,17)18/h4,6-8,11H,3,5,9H2,1-2H3,(H,15,16)(H2,14,17,18). The van der Waals surface area contributed by atoms with E-state index in [1.807, 2.05) is 6.92 Å². The molecule has 112 valence electrons. The molecule has 1 aromatic rings. The lowest BCUT2D eigenvalue weighted by Crippen LogP contribution is -2.38. The molecule has 0 radical (unpaired) electrons. The number of methoxy groups -OCH3 is 1. The van der Waals surface area contributed by atoms with Crippen LogP contribution in [0, 0.1) is 0 Å². The van der Waals surface area contributed by atoms with Gasteiger partial charge in [0.1, 0.15) is 0 Å². The number of carbonyl (C=O) groups is 1. The number of hydrogen-bond donors (Lipinski definition) is 2. The number of nitrogens with two attached hydrogens (primary N) is 1. The van der Waals surface area contributed by atoms with Crippen LogP contribution in [0.2, 0.25) is 0 Å². The highest BCUT2D eigenvalue weighted by atomic mass is 32.2. The van der Waals surface area contributed by atoms with Gasteiger partial charge in [0.2, 0.25) is 10.0 Å². The number of amides is 1. The van der Waals surface area contributed by atoms with Crippen molar-refractivity contribution in [2.75, 3.05) is 13.7 Å². The SMILES string of the molecule is CCCC(COC)NC(=O)c1cccc(S(N)(=O)=O)c1. The first-order valence-corrected chi connectivity index (χ1v) is 7.85. The van der Waals surface area contributed by atoms with E-state index in [4.69, 9.17) is 9.88 Å². The summed E-state index contributed by atoms with van der Waals surface area (Å²) in [5.41, 5.74) is 0.258. The monoisotopic (exact) mass is 300 g/mol. The lowest BCUT2D eigenvalue weighted by Gasteiger charge is -2.17. The van der Waals surface area contributed by atoms with Crippen LogP contribution in [0.5, 0.6) is 0 Å². The lowest BCUT2D eigenvalue weighted by molar-refractivity contribution is 0.0891. The first-order valence-electron chi connectivity index (χ1n) is 6.31. The highest BCUT2D eigenvalue weighted by Gasteiger charge is 2.15. The van der Waals surface area contributed by atoms with Crippen LogP contribution in [-0.2, 0) is 14.8 Å². The minimum Gasteiger partial charge on any atom is -0.383 e. The maximum Gasteiger partial charge on any atom is 0.251 e. The summed E-state index contributed by atoms with van der Waals surface area (Å²) < 4.78 is 27.6. The molecule has 0 spiro atoms. The Bertz CT molecular complexity index is 551. The average Bonchev–Trinajstić information content (AvgIpc) is 2.38. The van der Waals surface area contributed by atoms with Gasteiger partial charge in [-0.05, 0) is 24.6 Å². The number of ether oxygens (including phenoxy) is 1. The Balaban J connectivity index is 2.86. The Morgan fingerprint density at radius 3 is 2.70 bits per heavy atom. The molecule has 0 aliphatic heterocycles. The van der Waals surface area contributed by atoms with Crippen LogP contribution in [0.25, 0.3) is 0 Å². The predicted octanol–water partition coefficient (Wildman–Crippen LogP) is 0.879. The topological polar surface area (TPSA) is 98.5 Å². The van der Waals surface area contributed by atoms with Crippen molar-refractivity contribution in [3.63, 3.8) is 0 Å². The molecule has 0 fully saturated rings. The van der Waals surface area contributed by atoms with E-state index in [1.165, 1.54) is 18.2 Å². The normalized spacial score (nSPS) is 12.9. The van der Waals surface area contributed by atoms with Crippen molar-refractivity contribution in [2.45, 2.75) is 30.7 Å². The average molecular weight is 300 g/mol. The molecule has 1 rings (SSSR count). The molecule has 0 saturated heterocycles. The second kappa shape index (κ2) is 7.37. The molecule has 1 atom stereocenters. The van der Waals surface area contributed by atoms with Gasteiger partial charge in [0, 0.05) is 12.7 Å². The fourth-order valence-corrected chi connectivity index (χ4v) is 2.39. The minimum absolute atomic E-state index is 0.0797. The molecule has 0 aliphatic carbocycles. The number of rotatable bonds is 7. The summed E-state index contributed by atoms with van der Waals surface area (Å²) in [6.45, 7) is 2.42. The molecular formula is C13H20N2O4S. The number of primary sulfonamides is 1. The molecule has 7 heteroatoms. The highest BCUT2D eigenvalue weighted by molar-refractivity contribution is 7.89. The molecule has 1 unspecified atom stereocenters. The second-order valence-corrected chi connectivity index (χ2v) is 6.05. The zero-order chi connectivity index (χ0) is 15.2. The van der Waals surface area contributed by atoms with Gasteiger partial charge < -0.3 is 10.1 Å². The van der Waals surface area contributed by atoms with E-state index in [0.717, 1.165) is 12.8 Å². The van der Waals surface area contributed by atoms with E-state index in [9.17, 15) is 13.2 Å². The molecule has 0 heterocycles. The number of nitrogens with one attached hydrogen (secondary N) is 1. The van der Waals surface area contributed by atoms with Crippen molar-refractivity contribution in [3.05, 3.63) is 29.8 Å². The first kappa shape index (κ1) is 16.6. The van der Waals surface area contributed by atoms with Gasteiger partial charge in [-0.1, -0.05) is 19.4 Å². The lowest BCUT2D eigenvalue weighted by atomic mass is 10.1. The fraction of sp³-hybridized carbons (Fsp3) is 0.462. The van der Waals surface area contributed by atoms with Crippen LogP contribution in [0.1, 0.15) is 30.1 Å². The zero-order valence-electron chi connectivity index (χ0n) is 11.6. The smallest absolute Gasteiger partial charge is 0.251 e. The van der Waals surface area contributed by atoms with Crippen LogP contribution in [0.15, 0.2) is 29.2 Å².